The lowest BCUT2D eigenvalue weighted by atomic mass is 9.89. The number of amides is 2. The minimum absolute atomic E-state index is 0.0805. The van der Waals surface area contributed by atoms with Crippen LogP contribution in [0.1, 0.15) is 47.2 Å². The molecule has 2 saturated heterocycles. The van der Waals surface area contributed by atoms with E-state index in [0.29, 0.717) is 37.2 Å². The number of hydrogen-bond donors (Lipinski definition) is 1. The molecule has 41 heavy (non-hydrogen) atoms. The Morgan fingerprint density at radius 2 is 1.59 bits per heavy atom. The third-order valence-corrected chi connectivity index (χ3v) is 9.42. The van der Waals surface area contributed by atoms with E-state index < -0.39 is 15.8 Å². The Hall–Kier alpha value is -3.90. The number of halogens is 2. The zero-order valence-electron chi connectivity index (χ0n) is 22.8. The van der Waals surface area contributed by atoms with Crippen molar-refractivity contribution in [3.63, 3.8) is 0 Å². The van der Waals surface area contributed by atoms with Gasteiger partial charge in [0.2, 0.25) is 5.91 Å². The van der Waals surface area contributed by atoms with Gasteiger partial charge >= 0.3 is 0 Å². The molecule has 0 saturated carbocycles. The molecule has 0 aliphatic carbocycles. The molecule has 3 aromatic rings. The fourth-order valence-electron chi connectivity index (χ4n) is 5.23. The van der Waals surface area contributed by atoms with Crippen LogP contribution >= 0.6 is 0 Å². The normalized spacial score (nSPS) is 16.7. The van der Waals surface area contributed by atoms with Crippen molar-refractivity contribution in [2.45, 2.75) is 37.6 Å². The molecule has 0 unspecified atom stereocenters. The number of piperidine rings is 1. The minimum Gasteiger partial charge on any atom is -0.355 e. The van der Waals surface area contributed by atoms with Crippen LogP contribution in [0.25, 0.3) is 0 Å². The van der Waals surface area contributed by atoms with Gasteiger partial charge in [-0.15, -0.1) is 0 Å². The number of benzene rings is 2. The van der Waals surface area contributed by atoms with Crippen molar-refractivity contribution in [3.05, 3.63) is 83.1 Å². The smallest absolute Gasteiger partial charge is 0.262 e. The lowest BCUT2D eigenvalue weighted by molar-refractivity contribution is -0.128. The van der Waals surface area contributed by atoms with E-state index in [1.54, 1.807) is 24.0 Å². The second kappa shape index (κ2) is 11.5. The van der Waals surface area contributed by atoms with Gasteiger partial charge in [0.1, 0.15) is 11.6 Å². The molecule has 2 fully saturated rings. The van der Waals surface area contributed by atoms with Crippen LogP contribution in [0, 0.1) is 18.6 Å². The van der Waals surface area contributed by atoms with Crippen molar-refractivity contribution in [2.75, 3.05) is 38.2 Å². The van der Waals surface area contributed by atoms with Gasteiger partial charge < -0.3 is 15.1 Å². The molecule has 1 aromatic heterocycles. The Bertz CT molecular complexity index is 1570. The van der Waals surface area contributed by atoms with Crippen LogP contribution in [-0.4, -0.2) is 72.2 Å². The van der Waals surface area contributed by atoms with Crippen LogP contribution in [-0.2, 0) is 14.8 Å². The Morgan fingerprint density at radius 1 is 0.902 bits per heavy atom. The van der Waals surface area contributed by atoms with E-state index in [1.165, 1.54) is 58.7 Å². The predicted molar refractivity (Wildman–Crippen MR) is 149 cm³/mol. The number of anilines is 2. The monoisotopic (exact) mass is 583 g/mol. The number of rotatable bonds is 6. The molecule has 5 rings (SSSR count). The highest BCUT2D eigenvalue weighted by Crippen LogP contribution is 2.32. The molecule has 2 amide bonds. The largest absolute Gasteiger partial charge is 0.355 e. The van der Waals surface area contributed by atoms with Crippen LogP contribution in [0.2, 0.25) is 0 Å². The molecule has 2 aromatic carbocycles. The maximum Gasteiger partial charge on any atom is 0.262 e. The molecule has 1 N–H and O–H groups in total. The Morgan fingerprint density at radius 3 is 2.22 bits per heavy atom. The quantitative estimate of drug-likeness (QED) is 0.466. The van der Waals surface area contributed by atoms with Gasteiger partial charge in [-0.05, 0) is 67.1 Å². The van der Waals surface area contributed by atoms with Crippen molar-refractivity contribution in [1.82, 2.24) is 19.1 Å². The summed E-state index contributed by atoms with van der Waals surface area (Å²) in [6, 6.07) is 11.8. The van der Waals surface area contributed by atoms with Crippen molar-refractivity contribution < 1.29 is 26.8 Å². The van der Waals surface area contributed by atoms with E-state index in [2.05, 4.69) is 10.3 Å². The van der Waals surface area contributed by atoms with Gasteiger partial charge in [-0.3, -0.25) is 9.59 Å². The van der Waals surface area contributed by atoms with Gasteiger partial charge in [0.25, 0.3) is 15.9 Å². The summed E-state index contributed by atoms with van der Waals surface area (Å²) in [4.78, 5) is 32.7. The third kappa shape index (κ3) is 6.08. The Kier molecular flexibility index (Phi) is 8.05. The lowest BCUT2D eigenvalue weighted by Crippen LogP contribution is -2.38. The van der Waals surface area contributed by atoms with Crippen LogP contribution in [0.15, 0.2) is 59.8 Å². The third-order valence-electron chi connectivity index (χ3n) is 7.69. The molecule has 0 atom stereocenters. The SMILES string of the molecule is CC(=O)N1CCN(S(=O)(=O)c2cc(Nc3ccc(F)cc3C)c(C(=O)N3CCC(c4ccc(F)cc4)CC3)cn2)C1. The fraction of sp³-hybridized carbons (Fsp3) is 0.345. The van der Waals surface area contributed by atoms with Gasteiger partial charge in [0, 0.05) is 51.1 Å². The lowest BCUT2D eigenvalue weighted by Gasteiger charge is -2.32. The summed E-state index contributed by atoms with van der Waals surface area (Å²) < 4.78 is 55.1. The number of carbonyl (C=O) groups is 2. The molecule has 0 radical (unpaired) electrons. The van der Waals surface area contributed by atoms with E-state index in [4.69, 9.17) is 0 Å². The highest BCUT2D eigenvalue weighted by Gasteiger charge is 2.34. The summed E-state index contributed by atoms with van der Waals surface area (Å²) in [5.74, 6) is -1.06. The van der Waals surface area contributed by atoms with Crippen molar-refractivity contribution in [3.8, 4) is 0 Å². The number of nitrogens with one attached hydrogen (secondary N) is 1. The summed E-state index contributed by atoms with van der Waals surface area (Å²) in [7, 11) is -4.07. The summed E-state index contributed by atoms with van der Waals surface area (Å²) in [6.45, 7) is 4.33. The van der Waals surface area contributed by atoms with E-state index >= 15 is 0 Å². The molecule has 216 valence electrons. The van der Waals surface area contributed by atoms with Crippen LogP contribution in [0.4, 0.5) is 20.2 Å². The molecule has 0 spiro atoms. The van der Waals surface area contributed by atoms with Gasteiger partial charge in [0.05, 0.1) is 17.9 Å². The molecule has 9 nitrogen and oxygen atoms in total. The molecule has 0 bridgehead atoms. The fourth-order valence-corrected chi connectivity index (χ4v) is 6.56. The zero-order valence-corrected chi connectivity index (χ0v) is 23.6. The maximum atomic E-state index is 13.8. The summed E-state index contributed by atoms with van der Waals surface area (Å²) >= 11 is 0. The average molecular weight is 584 g/mol. The first-order valence-corrected chi connectivity index (χ1v) is 14.8. The second-order valence-electron chi connectivity index (χ2n) is 10.4. The molecule has 2 aliphatic heterocycles. The molecular weight excluding hydrogens is 552 g/mol. The molecule has 3 heterocycles. The highest BCUT2D eigenvalue weighted by molar-refractivity contribution is 7.89. The summed E-state index contributed by atoms with van der Waals surface area (Å²) in [5, 5.41) is 2.85. The number of sulfonamides is 1. The molecular formula is C29H31F2N5O4S. The number of hydrogen-bond acceptors (Lipinski definition) is 6. The first-order valence-electron chi connectivity index (χ1n) is 13.4. The van der Waals surface area contributed by atoms with Crippen molar-refractivity contribution in [2.24, 2.45) is 0 Å². The first-order chi connectivity index (χ1) is 19.5. The summed E-state index contributed by atoms with van der Waals surface area (Å²) in [5.41, 5.74) is 2.51. The standard InChI is InChI=1S/C29H31F2N5O4S/c1-19-15-24(31)7-8-26(19)33-27-16-28(41(39,40)36-14-13-35(18-36)20(2)37)32-17-25(27)29(38)34-11-9-22(10-12-34)21-3-5-23(30)6-4-21/h3-8,15-17,22H,9-14,18H2,1-2H3,(H,32,33). The van der Waals surface area contributed by atoms with Gasteiger partial charge in [0.15, 0.2) is 5.03 Å². The van der Waals surface area contributed by atoms with E-state index in [9.17, 15) is 26.8 Å². The topological polar surface area (TPSA) is 103 Å². The Balaban J connectivity index is 1.42. The van der Waals surface area contributed by atoms with Crippen molar-refractivity contribution >= 4 is 33.2 Å². The van der Waals surface area contributed by atoms with E-state index in [0.717, 1.165) is 5.56 Å². The van der Waals surface area contributed by atoms with Gasteiger partial charge in [-0.1, -0.05) is 12.1 Å². The first kappa shape index (κ1) is 28.6. The van der Waals surface area contributed by atoms with Crippen LogP contribution < -0.4 is 5.32 Å². The number of aromatic nitrogens is 1. The number of nitrogens with zero attached hydrogens (tertiary/aromatic N) is 4. The van der Waals surface area contributed by atoms with E-state index in [1.807, 2.05) is 0 Å². The predicted octanol–water partition coefficient (Wildman–Crippen LogP) is 4.24. The van der Waals surface area contributed by atoms with Gasteiger partial charge in [-0.2, -0.15) is 4.31 Å². The average Bonchev–Trinajstić information content (AvgIpc) is 3.47. The highest BCUT2D eigenvalue weighted by atomic mass is 32.2. The molecule has 2 aliphatic rings. The van der Waals surface area contributed by atoms with Crippen LogP contribution in [0.5, 0.6) is 0 Å². The number of pyridine rings is 1. The Labute approximate surface area is 237 Å². The zero-order chi connectivity index (χ0) is 29.3. The van der Waals surface area contributed by atoms with Crippen LogP contribution in [0.3, 0.4) is 0 Å². The maximum absolute atomic E-state index is 13.8. The second-order valence-corrected chi connectivity index (χ2v) is 12.3. The number of aryl methyl sites for hydroxylation is 1. The minimum atomic E-state index is -4.07. The molecule has 12 heteroatoms. The summed E-state index contributed by atoms with van der Waals surface area (Å²) in [6.07, 6.45) is 2.64. The number of carbonyl (C=O) groups excluding carboxylic acids is 2. The van der Waals surface area contributed by atoms with Gasteiger partial charge in [-0.25, -0.2) is 22.2 Å². The van der Waals surface area contributed by atoms with E-state index in [-0.39, 0.29) is 59.6 Å². The number of likely N-dealkylation sites (tertiary alicyclic amines) is 1. The van der Waals surface area contributed by atoms with Crippen molar-refractivity contribution in [1.29, 1.82) is 0 Å².